The molecule has 0 atom stereocenters. The molecular formula is C14H15N3O4. The van der Waals surface area contributed by atoms with E-state index in [9.17, 15) is 4.79 Å². The fraction of sp³-hybridized carbons (Fsp3) is 0.357. The lowest BCUT2D eigenvalue weighted by molar-refractivity contribution is 0.0278. The third kappa shape index (κ3) is 2.87. The van der Waals surface area contributed by atoms with E-state index in [1.807, 2.05) is 0 Å². The van der Waals surface area contributed by atoms with E-state index in [4.69, 9.17) is 13.9 Å². The van der Waals surface area contributed by atoms with Crippen molar-refractivity contribution in [3.63, 3.8) is 0 Å². The zero-order valence-corrected chi connectivity index (χ0v) is 11.6. The zero-order chi connectivity index (χ0) is 14.7. The lowest BCUT2D eigenvalue weighted by Gasteiger charge is -2.25. The summed E-state index contributed by atoms with van der Waals surface area (Å²) in [4.78, 5) is 13.8. The van der Waals surface area contributed by atoms with Gasteiger partial charge in [-0.1, -0.05) is 0 Å². The van der Waals surface area contributed by atoms with Crippen LogP contribution in [0.2, 0.25) is 0 Å². The second kappa shape index (κ2) is 5.92. The predicted molar refractivity (Wildman–Crippen MR) is 73.0 cm³/mol. The number of carbonyl (C=O) groups excluding carboxylic acids is 1. The van der Waals surface area contributed by atoms with Gasteiger partial charge in [0, 0.05) is 18.7 Å². The first-order chi connectivity index (χ1) is 10.3. The van der Waals surface area contributed by atoms with Crippen molar-refractivity contribution in [2.45, 2.75) is 0 Å². The van der Waals surface area contributed by atoms with Gasteiger partial charge in [0.15, 0.2) is 0 Å². The van der Waals surface area contributed by atoms with Crippen LogP contribution in [0, 0.1) is 0 Å². The maximum atomic E-state index is 12.2. The first-order valence-electron chi connectivity index (χ1n) is 6.63. The zero-order valence-electron chi connectivity index (χ0n) is 11.6. The molecule has 110 valence electrons. The van der Waals surface area contributed by atoms with Crippen LogP contribution in [0.5, 0.6) is 5.75 Å². The molecule has 0 N–H and O–H groups in total. The summed E-state index contributed by atoms with van der Waals surface area (Å²) >= 11 is 0. The van der Waals surface area contributed by atoms with Gasteiger partial charge in [-0.2, -0.15) is 0 Å². The average Bonchev–Trinajstić information content (AvgIpc) is 3.05. The molecule has 0 radical (unpaired) electrons. The predicted octanol–water partition coefficient (Wildman–Crippen LogP) is 1.22. The Balaban J connectivity index is 1.77. The summed E-state index contributed by atoms with van der Waals surface area (Å²) in [6.45, 7) is 2.15. The molecule has 0 bridgehead atoms. The topological polar surface area (TPSA) is 77.7 Å². The summed E-state index contributed by atoms with van der Waals surface area (Å²) in [5, 5.41) is 7.75. The van der Waals surface area contributed by atoms with Crippen molar-refractivity contribution in [3.8, 4) is 17.2 Å². The number of benzene rings is 1. The van der Waals surface area contributed by atoms with Crippen LogP contribution in [-0.4, -0.2) is 54.4 Å². The molecule has 1 aliphatic heterocycles. The number of hydrogen-bond acceptors (Lipinski definition) is 6. The molecule has 0 aliphatic carbocycles. The van der Waals surface area contributed by atoms with E-state index in [1.165, 1.54) is 0 Å². The van der Waals surface area contributed by atoms with Gasteiger partial charge in [-0.15, -0.1) is 10.2 Å². The number of nitrogens with zero attached hydrogens (tertiary/aromatic N) is 3. The van der Waals surface area contributed by atoms with Gasteiger partial charge in [-0.05, 0) is 24.3 Å². The summed E-state index contributed by atoms with van der Waals surface area (Å²) in [5.74, 6) is 0.797. The Morgan fingerprint density at radius 2 is 1.90 bits per heavy atom. The molecule has 0 spiro atoms. The Morgan fingerprint density at radius 1 is 1.19 bits per heavy atom. The van der Waals surface area contributed by atoms with E-state index >= 15 is 0 Å². The molecule has 1 aliphatic rings. The fourth-order valence-corrected chi connectivity index (χ4v) is 2.06. The van der Waals surface area contributed by atoms with E-state index < -0.39 is 0 Å². The lowest BCUT2D eigenvalue weighted by Crippen LogP contribution is -2.40. The van der Waals surface area contributed by atoms with Crippen molar-refractivity contribution in [3.05, 3.63) is 30.2 Å². The number of methoxy groups -OCH3 is 1. The second-order valence-electron chi connectivity index (χ2n) is 4.55. The molecule has 2 aromatic rings. The van der Waals surface area contributed by atoms with Crippen LogP contribution < -0.4 is 4.74 Å². The van der Waals surface area contributed by atoms with Crippen molar-refractivity contribution < 1.29 is 18.7 Å². The van der Waals surface area contributed by atoms with Gasteiger partial charge in [0.2, 0.25) is 5.89 Å². The molecular weight excluding hydrogens is 274 g/mol. The monoisotopic (exact) mass is 289 g/mol. The molecule has 1 fully saturated rings. The largest absolute Gasteiger partial charge is 0.497 e. The lowest BCUT2D eigenvalue weighted by atomic mass is 10.2. The molecule has 2 heterocycles. The summed E-state index contributed by atoms with van der Waals surface area (Å²) < 4.78 is 15.8. The van der Waals surface area contributed by atoms with Gasteiger partial charge in [-0.3, -0.25) is 4.79 Å². The molecule has 0 unspecified atom stereocenters. The highest BCUT2D eigenvalue weighted by Gasteiger charge is 2.24. The number of amides is 1. The second-order valence-corrected chi connectivity index (χ2v) is 4.55. The molecule has 7 nitrogen and oxygen atoms in total. The van der Waals surface area contributed by atoms with E-state index in [2.05, 4.69) is 10.2 Å². The molecule has 21 heavy (non-hydrogen) atoms. The fourth-order valence-electron chi connectivity index (χ4n) is 2.06. The number of ether oxygens (including phenoxy) is 2. The minimum atomic E-state index is -0.259. The Hall–Kier alpha value is -2.41. The summed E-state index contributed by atoms with van der Waals surface area (Å²) in [7, 11) is 1.60. The molecule has 1 aromatic carbocycles. The molecule has 7 heteroatoms. The highest BCUT2D eigenvalue weighted by Crippen LogP contribution is 2.21. The van der Waals surface area contributed by atoms with Crippen LogP contribution in [0.4, 0.5) is 0 Å². The number of morpholine rings is 1. The van der Waals surface area contributed by atoms with Crippen molar-refractivity contribution in [2.24, 2.45) is 0 Å². The number of hydrogen-bond donors (Lipinski definition) is 0. The van der Waals surface area contributed by atoms with Crippen LogP contribution in [-0.2, 0) is 4.74 Å². The van der Waals surface area contributed by atoms with Gasteiger partial charge < -0.3 is 18.8 Å². The Morgan fingerprint density at radius 3 is 2.57 bits per heavy atom. The van der Waals surface area contributed by atoms with Gasteiger partial charge in [0.1, 0.15) is 5.75 Å². The maximum Gasteiger partial charge on any atom is 0.311 e. The standard InChI is InChI=1S/C14H15N3O4/c1-19-11-4-2-10(3-5-11)12-15-16-13(21-12)14(18)17-6-8-20-9-7-17/h2-5H,6-9H2,1H3. The molecule has 1 amide bonds. The van der Waals surface area contributed by atoms with E-state index in [0.29, 0.717) is 32.2 Å². The van der Waals surface area contributed by atoms with Gasteiger partial charge in [-0.25, -0.2) is 0 Å². The SMILES string of the molecule is COc1ccc(-c2nnc(C(=O)N3CCOCC3)o2)cc1. The molecule has 3 rings (SSSR count). The minimum absolute atomic E-state index is 0.00252. The van der Waals surface area contributed by atoms with Crippen molar-refractivity contribution in [1.29, 1.82) is 0 Å². The molecule has 1 aromatic heterocycles. The highest BCUT2D eigenvalue weighted by molar-refractivity contribution is 5.89. The smallest absolute Gasteiger partial charge is 0.311 e. The number of carbonyl (C=O) groups is 1. The first-order valence-corrected chi connectivity index (χ1v) is 6.63. The quantitative estimate of drug-likeness (QED) is 0.845. The van der Waals surface area contributed by atoms with Crippen LogP contribution in [0.1, 0.15) is 10.7 Å². The number of rotatable bonds is 3. The van der Waals surface area contributed by atoms with E-state index in [0.717, 1.165) is 11.3 Å². The van der Waals surface area contributed by atoms with Crippen molar-refractivity contribution in [2.75, 3.05) is 33.4 Å². The maximum absolute atomic E-state index is 12.2. The number of aromatic nitrogens is 2. The van der Waals surface area contributed by atoms with Crippen LogP contribution >= 0.6 is 0 Å². The average molecular weight is 289 g/mol. The van der Waals surface area contributed by atoms with E-state index in [-0.39, 0.29) is 11.8 Å². The normalized spacial score (nSPS) is 15.0. The van der Waals surface area contributed by atoms with Gasteiger partial charge in [0.25, 0.3) is 0 Å². The van der Waals surface area contributed by atoms with E-state index in [1.54, 1.807) is 36.3 Å². The Bertz CT molecular complexity index is 617. The third-order valence-corrected chi connectivity index (χ3v) is 3.24. The van der Waals surface area contributed by atoms with Crippen LogP contribution in [0.3, 0.4) is 0 Å². The van der Waals surface area contributed by atoms with Gasteiger partial charge in [0.05, 0.1) is 20.3 Å². The first kappa shape index (κ1) is 13.6. The van der Waals surface area contributed by atoms with Gasteiger partial charge >= 0.3 is 11.8 Å². The summed E-state index contributed by atoms with van der Waals surface area (Å²) in [6.07, 6.45) is 0. The molecule has 1 saturated heterocycles. The van der Waals surface area contributed by atoms with Crippen LogP contribution in [0.15, 0.2) is 28.7 Å². The third-order valence-electron chi connectivity index (χ3n) is 3.24. The van der Waals surface area contributed by atoms with Crippen molar-refractivity contribution in [1.82, 2.24) is 15.1 Å². The highest BCUT2D eigenvalue weighted by atomic mass is 16.5. The Labute approximate surface area is 121 Å². The van der Waals surface area contributed by atoms with Crippen molar-refractivity contribution >= 4 is 5.91 Å². The summed E-state index contributed by atoms with van der Waals surface area (Å²) in [5.41, 5.74) is 0.740. The van der Waals surface area contributed by atoms with Crippen LogP contribution in [0.25, 0.3) is 11.5 Å². The summed E-state index contributed by atoms with van der Waals surface area (Å²) in [6, 6.07) is 7.19. The Kier molecular flexibility index (Phi) is 3.83. The minimum Gasteiger partial charge on any atom is -0.497 e. The molecule has 0 saturated carbocycles.